The molecule has 0 aliphatic carbocycles. The molecular weight excluding hydrogens is 130 g/mol. The highest BCUT2D eigenvalue weighted by molar-refractivity contribution is 7.98. The molecule has 0 amide bonds. The van der Waals surface area contributed by atoms with E-state index in [4.69, 9.17) is 0 Å². The fourth-order valence-corrected chi connectivity index (χ4v) is 0.836. The third-order valence-electron chi connectivity index (χ3n) is 0.631. The average Bonchev–Trinajstić information content (AvgIpc) is 1.63. The SMILES string of the molecule is CC(C)/C=N\SC(C)C. The van der Waals surface area contributed by atoms with E-state index in [0.717, 1.165) is 0 Å². The molecule has 0 saturated carbocycles. The molecule has 0 aromatic carbocycles. The molecule has 0 aliphatic rings. The van der Waals surface area contributed by atoms with Crippen LogP contribution in [0.1, 0.15) is 27.7 Å². The van der Waals surface area contributed by atoms with Gasteiger partial charge in [0.2, 0.25) is 0 Å². The molecule has 54 valence electrons. The summed E-state index contributed by atoms with van der Waals surface area (Å²) in [4.78, 5) is 0. The molecule has 0 fully saturated rings. The number of rotatable bonds is 3. The zero-order chi connectivity index (χ0) is 7.28. The normalized spacial score (nSPS) is 12.2. The third kappa shape index (κ3) is 8.02. The molecule has 1 nitrogen and oxygen atoms in total. The summed E-state index contributed by atoms with van der Waals surface area (Å²) in [7, 11) is 0. The maximum absolute atomic E-state index is 4.16. The van der Waals surface area contributed by atoms with Crippen molar-refractivity contribution in [1.29, 1.82) is 0 Å². The van der Waals surface area contributed by atoms with Crippen molar-refractivity contribution in [3.05, 3.63) is 0 Å². The van der Waals surface area contributed by atoms with Gasteiger partial charge in [0.1, 0.15) is 0 Å². The van der Waals surface area contributed by atoms with E-state index in [2.05, 4.69) is 32.1 Å². The van der Waals surface area contributed by atoms with Gasteiger partial charge in [0.05, 0.1) is 0 Å². The molecule has 0 aromatic heterocycles. The molecule has 0 atom stereocenters. The zero-order valence-corrected chi connectivity index (χ0v) is 7.40. The lowest BCUT2D eigenvalue weighted by Gasteiger charge is -1.96. The number of hydrogen-bond acceptors (Lipinski definition) is 2. The Bertz CT molecular complexity index is 86.9. The van der Waals surface area contributed by atoms with E-state index in [1.807, 2.05) is 6.21 Å². The van der Waals surface area contributed by atoms with Crippen LogP contribution in [-0.2, 0) is 0 Å². The van der Waals surface area contributed by atoms with Gasteiger partial charge in [-0.2, -0.15) is 0 Å². The van der Waals surface area contributed by atoms with Gasteiger partial charge >= 0.3 is 0 Å². The van der Waals surface area contributed by atoms with E-state index in [-0.39, 0.29) is 0 Å². The van der Waals surface area contributed by atoms with Crippen molar-refractivity contribution in [1.82, 2.24) is 0 Å². The van der Waals surface area contributed by atoms with Gasteiger partial charge in [-0.3, -0.25) is 0 Å². The second-order valence-corrected chi connectivity index (χ2v) is 4.02. The highest BCUT2D eigenvalue weighted by Gasteiger charge is 1.89. The van der Waals surface area contributed by atoms with Crippen molar-refractivity contribution < 1.29 is 0 Å². The minimum Gasteiger partial charge on any atom is -0.228 e. The summed E-state index contributed by atoms with van der Waals surface area (Å²) in [6, 6.07) is 0. The van der Waals surface area contributed by atoms with Gasteiger partial charge in [-0.25, -0.2) is 4.40 Å². The summed E-state index contributed by atoms with van der Waals surface area (Å²) in [5, 5.41) is 0.611. The standard InChI is InChI=1S/C7H15NS/c1-6(2)5-8-9-7(3)4/h5-7H,1-4H3/b8-5-. The molecule has 0 radical (unpaired) electrons. The van der Waals surface area contributed by atoms with Gasteiger partial charge in [0.15, 0.2) is 0 Å². The van der Waals surface area contributed by atoms with Crippen LogP contribution in [0.3, 0.4) is 0 Å². The van der Waals surface area contributed by atoms with Crippen LogP contribution in [0.25, 0.3) is 0 Å². The molecule has 0 heterocycles. The Morgan fingerprint density at radius 1 is 1.22 bits per heavy atom. The van der Waals surface area contributed by atoms with Crippen LogP contribution in [0.15, 0.2) is 4.40 Å². The highest BCUT2D eigenvalue weighted by atomic mass is 32.2. The van der Waals surface area contributed by atoms with Crippen LogP contribution in [0.5, 0.6) is 0 Å². The Balaban J connectivity index is 3.25. The van der Waals surface area contributed by atoms with Gasteiger partial charge in [-0.05, 0) is 17.9 Å². The first-order chi connectivity index (χ1) is 4.13. The minimum atomic E-state index is 0.580. The molecule has 0 aromatic rings. The second-order valence-electron chi connectivity index (χ2n) is 2.65. The first-order valence-corrected chi connectivity index (χ1v) is 4.16. The molecule has 0 bridgehead atoms. The predicted molar refractivity (Wildman–Crippen MR) is 46.1 cm³/mol. The Kier molecular flexibility index (Phi) is 4.87. The van der Waals surface area contributed by atoms with Crippen molar-refractivity contribution in [3.63, 3.8) is 0 Å². The van der Waals surface area contributed by atoms with Gasteiger partial charge in [0.25, 0.3) is 0 Å². The van der Waals surface area contributed by atoms with Crippen LogP contribution in [0.2, 0.25) is 0 Å². The van der Waals surface area contributed by atoms with Crippen LogP contribution in [0.4, 0.5) is 0 Å². The predicted octanol–water partition coefficient (Wildman–Crippen LogP) is 2.77. The Morgan fingerprint density at radius 2 is 1.78 bits per heavy atom. The number of nitrogens with zero attached hydrogens (tertiary/aromatic N) is 1. The van der Waals surface area contributed by atoms with E-state index in [0.29, 0.717) is 11.2 Å². The molecule has 0 aliphatic heterocycles. The van der Waals surface area contributed by atoms with Crippen LogP contribution in [-0.4, -0.2) is 11.5 Å². The highest BCUT2D eigenvalue weighted by Crippen LogP contribution is 2.09. The maximum atomic E-state index is 4.16. The molecular formula is C7H15NS. The third-order valence-corrected chi connectivity index (χ3v) is 1.30. The molecule has 0 rings (SSSR count). The van der Waals surface area contributed by atoms with Gasteiger partial charge in [0, 0.05) is 11.5 Å². The molecule has 0 spiro atoms. The summed E-state index contributed by atoms with van der Waals surface area (Å²) in [6.45, 7) is 8.54. The van der Waals surface area contributed by atoms with Gasteiger partial charge in [-0.1, -0.05) is 27.7 Å². The number of hydrogen-bond donors (Lipinski definition) is 0. The van der Waals surface area contributed by atoms with Crippen molar-refractivity contribution in [3.8, 4) is 0 Å². The molecule has 9 heavy (non-hydrogen) atoms. The lowest BCUT2D eigenvalue weighted by molar-refractivity contribution is 0.910. The van der Waals surface area contributed by atoms with Crippen LogP contribution < -0.4 is 0 Å². The quantitative estimate of drug-likeness (QED) is 0.439. The lowest BCUT2D eigenvalue weighted by atomic mass is 10.3. The summed E-state index contributed by atoms with van der Waals surface area (Å²) in [6.07, 6.45) is 1.98. The van der Waals surface area contributed by atoms with E-state index < -0.39 is 0 Å². The van der Waals surface area contributed by atoms with Crippen molar-refractivity contribution in [2.24, 2.45) is 10.3 Å². The Morgan fingerprint density at radius 3 is 2.11 bits per heavy atom. The lowest BCUT2D eigenvalue weighted by Crippen LogP contribution is -1.87. The van der Waals surface area contributed by atoms with Crippen LogP contribution in [0, 0.1) is 5.92 Å². The zero-order valence-electron chi connectivity index (χ0n) is 6.59. The average molecular weight is 145 g/mol. The monoisotopic (exact) mass is 145 g/mol. The summed E-state index contributed by atoms with van der Waals surface area (Å²) >= 11 is 1.63. The Labute approximate surface area is 62.1 Å². The van der Waals surface area contributed by atoms with Gasteiger partial charge < -0.3 is 0 Å². The van der Waals surface area contributed by atoms with E-state index >= 15 is 0 Å². The fourth-order valence-electron chi connectivity index (χ4n) is 0.279. The molecule has 0 saturated heterocycles. The Hall–Kier alpha value is 0.0200. The van der Waals surface area contributed by atoms with E-state index in [9.17, 15) is 0 Å². The van der Waals surface area contributed by atoms with Crippen molar-refractivity contribution in [2.75, 3.05) is 0 Å². The second kappa shape index (κ2) is 4.86. The van der Waals surface area contributed by atoms with E-state index in [1.54, 1.807) is 11.9 Å². The van der Waals surface area contributed by atoms with E-state index in [1.165, 1.54) is 0 Å². The topological polar surface area (TPSA) is 12.4 Å². The first-order valence-electron chi connectivity index (χ1n) is 3.32. The molecule has 0 unspecified atom stereocenters. The maximum Gasteiger partial charge on any atom is 0.0210 e. The summed E-state index contributed by atoms with van der Waals surface area (Å²) in [5.74, 6) is 0.580. The summed E-state index contributed by atoms with van der Waals surface area (Å²) < 4.78 is 4.16. The van der Waals surface area contributed by atoms with Crippen LogP contribution >= 0.6 is 11.9 Å². The molecule has 2 heteroatoms. The molecule has 0 N–H and O–H groups in total. The fraction of sp³-hybridized carbons (Fsp3) is 0.857. The van der Waals surface area contributed by atoms with Crippen molar-refractivity contribution >= 4 is 18.2 Å². The minimum absolute atomic E-state index is 0.580. The smallest absolute Gasteiger partial charge is 0.0210 e. The van der Waals surface area contributed by atoms with Crippen molar-refractivity contribution in [2.45, 2.75) is 32.9 Å². The van der Waals surface area contributed by atoms with Gasteiger partial charge in [-0.15, -0.1) is 0 Å². The summed E-state index contributed by atoms with van der Waals surface area (Å²) in [5.41, 5.74) is 0. The first kappa shape index (κ1) is 9.02. The largest absolute Gasteiger partial charge is 0.228 e.